The van der Waals surface area contributed by atoms with Crippen LogP contribution in [0.15, 0.2) is 30.5 Å². The molecule has 2 heterocycles. The van der Waals surface area contributed by atoms with Gasteiger partial charge in [0.25, 0.3) is 5.69 Å². The highest BCUT2D eigenvalue weighted by Gasteiger charge is 2.17. The lowest BCUT2D eigenvalue weighted by Gasteiger charge is -2.00. The van der Waals surface area contributed by atoms with Crippen LogP contribution < -0.4 is 5.73 Å². The lowest BCUT2D eigenvalue weighted by Crippen LogP contribution is -1.98. The minimum atomic E-state index is -0.484. The molecule has 0 amide bonds. The summed E-state index contributed by atoms with van der Waals surface area (Å²) in [6.07, 6.45) is 1.67. The monoisotopic (exact) mass is 204 g/mol. The van der Waals surface area contributed by atoms with Crippen molar-refractivity contribution < 1.29 is 4.92 Å². The Kier molecular flexibility index (Phi) is 2.09. The minimum Gasteiger partial charge on any atom is -0.384 e. The lowest BCUT2D eigenvalue weighted by atomic mass is 10.2. The number of hydrogen-bond acceptors (Lipinski definition) is 4. The van der Waals surface area contributed by atoms with Gasteiger partial charge in [0.2, 0.25) is 0 Å². The number of aromatic nitrogens is 2. The van der Waals surface area contributed by atoms with Crippen molar-refractivity contribution in [1.82, 2.24) is 9.97 Å². The van der Waals surface area contributed by atoms with Crippen molar-refractivity contribution >= 4 is 11.5 Å². The second-order valence-electron chi connectivity index (χ2n) is 2.94. The van der Waals surface area contributed by atoms with E-state index in [4.69, 9.17) is 5.73 Å². The fourth-order valence-corrected chi connectivity index (χ4v) is 1.29. The Morgan fingerprint density at radius 3 is 2.80 bits per heavy atom. The van der Waals surface area contributed by atoms with E-state index < -0.39 is 4.92 Å². The van der Waals surface area contributed by atoms with Crippen LogP contribution in [0.4, 0.5) is 11.5 Å². The maximum Gasteiger partial charge on any atom is 0.297 e. The van der Waals surface area contributed by atoms with Gasteiger partial charge in [-0.2, -0.15) is 0 Å². The van der Waals surface area contributed by atoms with E-state index in [1.54, 1.807) is 18.3 Å². The van der Waals surface area contributed by atoms with Gasteiger partial charge in [0, 0.05) is 12.3 Å². The molecule has 0 atom stereocenters. The topological polar surface area (TPSA) is 97.8 Å². The molecule has 0 spiro atoms. The van der Waals surface area contributed by atoms with Crippen LogP contribution in [0.2, 0.25) is 0 Å². The minimum absolute atomic E-state index is 0.0633. The Hall–Kier alpha value is -2.37. The molecule has 6 nitrogen and oxygen atoms in total. The average Bonchev–Trinajstić information content (AvgIpc) is 2.69. The van der Waals surface area contributed by atoms with E-state index in [0.717, 1.165) is 0 Å². The molecule has 0 aliphatic rings. The van der Waals surface area contributed by atoms with Crippen molar-refractivity contribution in [3.05, 3.63) is 40.6 Å². The fraction of sp³-hybridized carbons (Fsp3) is 0. The first kappa shape index (κ1) is 9.20. The number of nitrogens with two attached hydrogens (primary N) is 1. The number of hydrogen-bond donors (Lipinski definition) is 2. The molecule has 0 radical (unpaired) electrons. The van der Waals surface area contributed by atoms with E-state index in [2.05, 4.69) is 9.97 Å². The van der Waals surface area contributed by atoms with Crippen LogP contribution in [0.5, 0.6) is 0 Å². The van der Waals surface area contributed by atoms with Crippen LogP contribution in [0, 0.1) is 10.1 Å². The van der Waals surface area contributed by atoms with E-state index >= 15 is 0 Å². The number of nitrogens with zero attached hydrogens (tertiary/aromatic N) is 2. The van der Waals surface area contributed by atoms with Gasteiger partial charge in [-0.15, -0.1) is 0 Å². The van der Waals surface area contributed by atoms with E-state index in [1.807, 2.05) is 0 Å². The number of nitro groups is 1. The second-order valence-corrected chi connectivity index (χ2v) is 2.94. The molecule has 0 aliphatic heterocycles. The Bertz CT molecular complexity index is 493. The third-order valence-electron chi connectivity index (χ3n) is 1.95. The largest absolute Gasteiger partial charge is 0.384 e. The summed E-state index contributed by atoms with van der Waals surface area (Å²) in [5.41, 5.74) is 6.26. The molecule has 0 unspecified atom stereocenters. The lowest BCUT2D eigenvalue weighted by molar-refractivity contribution is -0.384. The molecule has 0 aromatic carbocycles. The molecule has 3 N–H and O–H groups in total. The van der Waals surface area contributed by atoms with Gasteiger partial charge in [-0.05, 0) is 18.2 Å². The van der Waals surface area contributed by atoms with Crippen LogP contribution >= 0.6 is 0 Å². The highest BCUT2D eigenvalue weighted by molar-refractivity contribution is 5.68. The molecule has 2 aromatic rings. The number of nitrogens with one attached hydrogen (secondary N) is 1. The van der Waals surface area contributed by atoms with Gasteiger partial charge in [-0.3, -0.25) is 10.1 Å². The van der Waals surface area contributed by atoms with E-state index in [9.17, 15) is 10.1 Å². The van der Waals surface area contributed by atoms with Crippen molar-refractivity contribution in [3.8, 4) is 11.4 Å². The predicted octanol–water partition coefficient (Wildman–Crippen LogP) is 1.57. The summed E-state index contributed by atoms with van der Waals surface area (Å²) >= 11 is 0. The van der Waals surface area contributed by atoms with Crippen LogP contribution in [-0.2, 0) is 0 Å². The highest BCUT2D eigenvalue weighted by Crippen LogP contribution is 2.27. The number of aromatic amines is 1. The van der Waals surface area contributed by atoms with Gasteiger partial charge >= 0.3 is 0 Å². The molecule has 15 heavy (non-hydrogen) atoms. The summed E-state index contributed by atoms with van der Waals surface area (Å²) in [5.74, 6) is 0.255. The first-order valence-electron chi connectivity index (χ1n) is 4.23. The molecule has 0 saturated carbocycles. The fourth-order valence-electron chi connectivity index (χ4n) is 1.29. The molecule has 2 aromatic heterocycles. The number of H-pyrrole nitrogens is 1. The van der Waals surface area contributed by atoms with Crippen molar-refractivity contribution in [2.24, 2.45) is 0 Å². The predicted molar refractivity (Wildman–Crippen MR) is 55.1 cm³/mol. The first-order chi connectivity index (χ1) is 7.18. The molecule has 0 fully saturated rings. The SMILES string of the molecule is Nc1ccc([N+](=O)[O-])c(-c2ccc[nH]2)n1. The standard InChI is InChI=1S/C9H8N4O2/c10-8-4-3-7(13(14)15)9(12-8)6-2-1-5-11-6/h1-5,11H,(H2,10,12). The van der Waals surface area contributed by atoms with Gasteiger partial charge < -0.3 is 10.7 Å². The summed E-state index contributed by atoms with van der Waals surface area (Å²) in [5, 5.41) is 10.7. The Morgan fingerprint density at radius 2 is 2.20 bits per heavy atom. The van der Waals surface area contributed by atoms with Crippen LogP contribution in [0.3, 0.4) is 0 Å². The third kappa shape index (κ3) is 1.64. The van der Waals surface area contributed by atoms with E-state index in [-0.39, 0.29) is 17.2 Å². The van der Waals surface area contributed by atoms with Gasteiger partial charge in [-0.25, -0.2) is 4.98 Å². The Labute approximate surface area is 84.9 Å². The first-order valence-corrected chi connectivity index (χ1v) is 4.23. The summed E-state index contributed by atoms with van der Waals surface area (Å²) in [6, 6.07) is 6.20. The van der Waals surface area contributed by atoms with Gasteiger partial charge in [-0.1, -0.05) is 0 Å². The summed E-state index contributed by atoms with van der Waals surface area (Å²) in [4.78, 5) is 17.1. The van der Waals surface area contributed by atoms with Gasteiger partial charge in [0.05, 0.1) is 10.6 Å². The number of anilines is 1. The van der Waals surface area contributed by atoms with Crippen LogP contribution in [-0.4, -0.2) is 14.9 Å². The van der Waals surface area contributed by atoms with Crippen molar-refractivity contribution in [2.45, 2.75) is 0 Å². The Balaban J connectivity index is 2.63. The van der Waals surface area contributed by atoms with Gasteiger partial charge in [0.15, 0.2) is 5.69 Å². The van der Waals surface area contributed by atoms with Crippen LogP contribution in [0.1, 0.15) is 0 Å². The van der Waals surface area contributed by atoms with Crippen LogP contribution in [0.25, 0.3) is 11.4 Å². The molecule has 2 rings (SSSR count). The molecule has 6 heteroatoms. The maximum atomic E-state index is 10.7. The van der Waals surface area contributed by atoms with Crippen molar-refractivity contribution in [2.75, 3.05) is 5.73 Å². The van der Waals surface area contributed by atoms with Crippen molar-refractivity contribution in [3.63, 3.8) is 0 Å². The van der Waals surface area contributed by atoms with Gasteiger partial charge in [0.1, 0.15) is 5.82 Å². The van der Waals surface area contributed by atoms with E-state index in [0.29, 0.717) is 5.69 Å². The highest BCUT2D eigenvalue weighted by atomic mass is 16.6. The Morgan fingerprint density at radius 1 is 1.40 bits per heavy atom. The average molecular weight is 204 g/mol. The quantitative estimate of drug-likeness (QED) is 0.572. The molecule has 0 aliphatic carbocycles. The molecule has 76 valence electrons. The smallest absolute Gasteiger partial charge is 0.297 e. The molecule has 0 bridgehead atoms. The van der Waals surface area contributed by atoms with Crippen molar-refractivity contribution in [1.29, 1.82) is 0 Å². The summed E-state index contributed by atoms with van der Waals surface area (Å²) in [6.45, 7) is 0. The zero-order chi connectivity index (χ0) is 10.8. The third-order valence-corrected chi connectivity index (χ3v) is 1.95. The summed E-state index contributed by atoms with van der Waals surface area (Å²) < 4.78 is 0. The van der Waals surface area contributed by atoms with E-state index in [1.165, 1.54) is 12.1 Å². The zero-order valence-corrected chi connectivity index (χ0v) is 7.68. The molecular formula is C9H8N4O2. The number of pyridine rings is 1. The number of nitrogen functional groups attached to an aromatic ring is 1. The zero-order valence-electron chi connectivity index (χ0n) is 7.68. The second kappa shape index (κ2) is 3.41. The molecule has 0 saturated heterocycles. The number of rotatable bonds is 2. The maximum absolute atomic E-state index is 10.7. The normalized spacial score (nSPS) is 10.1. The molecular weight excluding hydrogens is 196 g/mol. The summed E-state index contributed by atoms with van der Waals surface area (Å²) in [7, 11) is 0.